The van der Waals surface area contributed by atoms with Crippen LogP contribution in [0.15, 0.2) is 72.8 Å². The third kappa shape index (κ3) is 2.95. The maximum absolute atomic E-state index is 12.7. The topological polar surface area (TPSA) is 92.8 Å². The summed E-state index contributed by atoms with van der Waals surface area (Å²) in [5, 5.41) is 20.3. The maximum Gasteiger partial charge on any atom is 0.344 e. The molecule has 1 atom stereocenters. The number of carbonyl (C=O) groups excluding carboxylic acids is 1. The molecule has 4 N–H and O–H groups in total. The first-order chi connectivity index (χ1) is 13.5. The van der Waals surface area contributed by atoms with Crippen LogP contribution < -0.4 is 5.73 Å². The predicted octanol–water partition coefficient (Wildman–Crippen LogP) is 2.89. The minimum atomic E-state index is -1.97. The van der Waals surface area contributed by atoms with Gasteiger partial charge in [-0.05, 0) is 39.9 Å². The van der Waals surface area contributed by atoms with Crippen molar-refractivity contribution in [3.63, 3.8) is 0 Å². The van der Waals surface area contributed by atoms with E-state index in [9.17, 15) is 15.0 Å². The number of aromatic hydroxyl groups is 1. The maximum atomic E-state index is 12.7. The van der Waals surface area contributed by atoms with Crippen molar-refractivity contribution in [1.82, 2.24) is 0 Å². The molecule has 1 aliphatic rings. The van der Waals surface area contributed by atoms with Crippen molar-refractivity contribution in [3.05, 3.63) is 89.5 Å². The fourth-order valence-electron chi connectivity index (χ4n) is 3.77. The first kappa shape index (κ1) is 18.2. The van der Waals surface area contributed by atoms with E-state index >= 15 is 0 Å². The molecule has 28 heavy (non-hydrogen) atoms. The lowest BCUT2D eigenvalue weighted by molar-refractivity contribution is -0.166. The van der Waals surface area contributed by atoms with Gasteiger partial charge in [-0.25, -0.2) is 4.79 Å². The predicted molar refractivity (Wildman–Crippen MR) is 106 cm³/mol. The van der Waals surface area contributed by atoms with Gasteiger partial charge >= 0.3 is 5.97 Å². The Kier molecular flexibility index (Phi) is 4.63. The largest absolute Gasteiger partial charge is 0.508 e. The lowest BCUT2D eigenvalue weighted by atomic mass is 9.93. The van der Waals surface area contributed by atoms with Crippen molar-refractivity contribution in [2.45, 2.75) is 11.5 Å². The zero-order valence-electron chi connectivity index (χ0n) is 15.2. The number of carbonyl (C=O) groups is 1. The molecule has 0 heterocycles. The molecule has 0 spiro atoms. The number of esters is 1. The smallest absolute Gasteiger partial charge is 0.344 e. The quantitative estimate of drug-likeness (QED) is 0.596. The minimum absolute atomic E-state index is 0.0376. The van der Waals surface area contributed by atoms with Crippen molar-refractivity contribution in [2.75, 3.05) is 13.2 Å². The summed E-state index contributed by atoms with van der Waals surface area (Å²) in [6, 6.07) is 21.8. The molecule has 142 valence electrons. The molecule has 5 heteroatoms. The summed E-state index contributed by atoms with van der Waals surface area (Å²) in [5.74, 6) is -0.864. The van der Waals surface area contributed by atoms with E-state index in [1.54, 1.807) is 0 Å². The molecular weight excluding hydrogens is 354 g/mol. The van der Waals surface area contributed by atoms with Gasteiger partial charge < -0.3 is 20.7 Å². The van der Waals surface area contributed by atoms with Crippen LogP contribution in [-0.4, -0.2) is 29.3 Å². The number of hydrogen-bond acceptors (Lipinski definition) is 5. The zero-order chi connectivity index (χ0) is 19.7. The van der Waals surface area contributed by atoms with E-state index in [4.69, 9.17) is 10.5 Å². The van der Waals surface area contributed by atoms with E-state index < -0.39 is 11.6 Å². The Morgan fingerprint density at radius 3 is 2.00 bits per heavy atom. The molecule has 1 aliphatic carbocycles. The lowest BCUT2D eigenvalue weighted by Gasteiger charge is -2.26. The number of benzene rings is 3. The van der Waals surface area contributed by atoms with Gasteiger partial charge in [0.05, 0.1) is 0 Å². The molecule has 3 aromatic rings. The average molecular weight is 375 g/mol. The van der Waals surface area contributed by atoms with Gasteiger partial charge in [-0.1, -0.05) is 60.7 Å². The van der Waals surface area contributed by atoms with Crippen LogP contribution in [0.3, 0.4) is 0 Å². The van der Waals surface area contributed by atoms with Crippen LogP contribution in [-0.2, 0) is 15.1 Å². The number of fused-ring (bicyclic) bond motifs is 3. The molecule has 0 aliphatic heterocycles. The van der Waals surface area contributed by atoms with E-state index in [1.807, 2.05) is 36.4 Å². The van der Waals surface area contributed by atoms with E-state index in [2.05, 4.69) is 12.1 Å². The molecule has 3 aromatic carbocycles. The molecule has 0 aromatic heterocycles. The second-order valence-electron chi connectivity index (χ2n) is 6.94. The third-order valence-corrected chi connectivity index (χ3v) is 5.32. The van der Waals surface area contributed by atoms with E-state index in [0.717, 1.165) is 22.3 Å². The minimum Gasteiger partial charge on any atom is -0.508 e. The molecule has 0 radical (unpaired) electrons. The molecule has 0 saturated carbocycles. The third-order valence-electron chi connectivity index (χ3n) is 5.32. The van der Waals surface area contributed by atoms with Crippen LogP contribution in [0.2, 0.25) is 0 Å². The van der Waals surface area contributed by atoms with Gasteiger partial charge in [0, 0.05) is 12.5 Å². The van der Waals surface area contributed by atoms with E-state index in [0.29, 0.717) is 0 Å². The van der Waals surface area contributed by atoms with Crippen LogP contribution in [0.4, 0.5) is 0 Å². The molecule has 0 amide bonds. The highest BCUT2D eigenvalue weighted by molar-refractivity contribution is 5.82. The number of aliphatic hydroxyl groups is 1. The molecule has 0 fully saturated rings. The molecule has 0 bridgehead atoms. The Labute approximate surface area is 163 Å². The van der Waals surface area contributed by atoms with Gasteiger partial charge in [-0.2, -0.15) is 0 Å². The second-order valence-corrected chi connectivity index (χ2v) is 6.94. The summed E-state index contributed by atoms with van der Waals surface area (Å²) in [6.45, 7) is -0.221. The van der Waals surface area contributed by atoms with Crippen LogP contribution in [0.25, 0.3) is 11.1 Å². The van der Waals surface area contributed by atoms with Crippen molar-refractivity contribution in [2.24, 2.45) is 5.73 Å². The van der Waals surface area contributed by atoms with Gasteiger partial charge in [0.15, 0.2) is 5.60 Å². The van der Waals surface area contributed by atoms with Gasteiger partial charge in [0.1, 0.15) is 12.4 Å². The summed E-state index contributed by atoms with van der Waals surface area (Å²) < 4.78 is 5.55. The summed E-state index contributed by atoms with van der Waals surface area (Å²) >= 11 is 0. The molecule has 5 nitrogen and oxygen atoms in total. The number of hydrogen-bond donors (Lipinski definition) is 3. The number of phenolic OH excluding ortho intramolecular Hbond substituents is 1. The van der Waals surface area contributed by atoms with Crippen molar-refractivity contribution in [1.29, 1.82) is 0 Å². The summed E-state index contributed by atoms with van der Waals surface area (Å²) in [6.07, 6.45) is 0. The second kappa shape index (κ2) is 7.11. The highest BCUT2D eigenvalue weighted by Gasteiger charge is 2.39. The van der Waals surface area contributed by atoms with Gasteiger partial charge in [0.2, 0.25) is 0 Å². The zero-order valence-corrected chi connectivity index (χ0v) is 15.2. The Morgan fingerprint density at radius 2 is 1.46 bits per heavy atom. The van der Waals surface area contributed by atoms with E-state index in [-0.39, 0.29) is 30.4 Å². The summed E-state index contributed by atoms with van der Waals surface area (Å²) in [7, 11) is 0. The Bertz CT molecular complexity index is 970. The van der Waals surface area contributed by atoms with Crippen LogP contribution >= 0.6 is 0 Å². The number of ether oxygens (including phenoxy) is 1. The number of nitrogens with two attached hydrogens (primary N) is 1. The first-order valence-electron chi connectivity index (χ1n) is 9.12. The number of rotatable bonds is 5. The fraction of sp³-hybridized carbons (Fsp3) is 0.174. The first-order valence-corrected chi connectivity index (χ1v) is 9.12. The normalized spacial score (nSPS) is 14.8. The van der Waals surface area contributed by atoms with Gasteiger partial charge in [0.25, 0.3) is 0 Å². The van der Waals surface area contributed by atoms with Crippen molar-refractivity contribution in [3.8, 4) is 16.9 Å². The lowest BCUT2D eigenvalue weighted by Crippen LogP contribution is -2.44. The summed E-state index contributed by atoms with van der Waals surface area (Å²) in [5.41, 5.74) is 8.47. The molecular formula is C23H21NO4. The van der Waals surface area contributed by atoms with Gasteiger partial charge in [-0.15, -0.1) is 0 Å². The highest BCUT2D eigenvalue weighted by atomic mass is 16.5. The van der Waals surface area contributed by atoms with Gasteiger partial charge in [-0.3, -0.25) is 0 Å². The van der Waals surface area contributed by atoms with Crippen molar-refractivity contribution >= 4 is 5.97 Å². The molecule has 4 rings (SSSR count). The molecule has 0 saturated heterocycles. The monoisotopic (exact) mass is 375 g/mol. The standard InChI is InChI=1S/C23H21NO4/c24-14-23(27,15-9-11-16(25)12-10-15)22(26)28-13-21-19-7-3-1-5-17(19)18-6-2-4-8-20(18)21/h1-12,21,25,27H,13-14,24H2. The highest BCUT2D eigenvalue weighted by Crippen LogP contribution is 2.44. The Hall–Kier alpha value is -3.15. The summed E-state index contributed by atoms with van der Waals surface area (Å²) in [4.78, 5) is 12.7. The Balaban J connectivity index is 1.59. The number of phenols is 1. The molecule has 1 unspecified atom stereocenters. The fourth-order valence-corrected chi connectivity index (χ4v) is 3.77. The van der Waals surface area contributed by atoms with Crippen LogP contribution in [0, 0.1) is 0 Å². The van der Waals surface area contributed by atoms with Crippen LogP contribution in [0.1, 0.15) is 22.6 Å². The SMILES string of the molecule is NCC(O)(C(=O)OCC1c2ccccc2-c2ccccc21)c1ccc(O)cc1. The average Bonchev–Trinajstić information content (AvgIpc) is 3.06. The Morgan fingerprint density at radius 1 is 0.929 bits per heavy atom. The van der Waals surface area contributed by atoms with Crippen molar-refractivity contribution < 1.29 is 19.7 Å². The van der Waals surface area contributed by atoms with Crippen LogP contribution in [0.5, 0.6) is 5.75 Å². The van der Waals surface area contributed by atoms with E-state index in [1.165, 1.54) is 24.3 Å².